The molecule has 80 valence electrons. The summed E-state index contributed by atoms with van der Waals surface area (Å²) in [5.41, 5.74) is 0. The summed E-state index contributed by atoms with van der Waals surface area (Å²) in [5, 5.41) is 50.0. The Bertz CT molecular complexity index is 124. The van der Waals surface area contributed by atoms with Gasteiger partial charge >= 0.3 is 110 Å². The maximum absolute atomic E-state index is 8.33. The SMILES string of the molecule is O=C([O-])[O-].O=C([O-])[O-].O=C([O-])[O-].[Al+3].[Al+3].[CaH2].[CaH2]. The molecule has 0 unspecified atom stereocenters. The molecular weight excluding hydrogens is 314 g/mol. The van der Waals surface area contributed by atoms with E-state index in [1.54, 1.807) is 0 Å². The van der Waals surface area contributed by atoms with Crippen LogP contribution in [-0.4, -0.2) is 129 Å². The van der Waals surface area contributed by atoms with Gasteiger partial charge in [0.05, 0.1) is 0 Å². The predicted molar refractivity (Wildman–Crippen MR) is 44.8 cm³/mol. The summed E-state index contributed by atoms with van der Waals surface area (Å²) in [4.78, 5) is 25.0. The standard InChI is InChI=1S/3CH2O3.2Al.2Ca.4H/c3*2-1(3)4;;;;;;;;/h3*(H2,2,3,4);;;;;;;;/q;;;2*+3;;;;;;/p-6. The van der Waals surface area contributed by atoms with Crippen molar-refractivity contribution in [1.29, 1.82) is 0 Å². The third kappa shape index (κ3) is 1640. The molecule has 13 heteroatoms. The van der Waals surface area contributed by atoms with Crippen molar-refractivity contribution in [2.75, 3.05) is 0 Å². The second kappa shape index (κ2) is 36.0. The van der Waals surface area contributed by atoms with Crippen LogP contribution in [0.15, 0.2) is 0 Å². The van der Waals surface area contributed by atoms with Gasteiger partial charge in [-0.3, -0.25) is 0 Å². The van der Waals surface area contributed by atoms with Gasteiger partial charge in [0.1, 0.15) is 0 Å². The van der Waals surface area contributed by atoms with Crippen molar-refractivity contribution in [1.82, 2.24) is 0 Å². The van der Waals surface area contributed by atoms with Gasteiger partial charge in [0.25, 0.3) is 0 Å². The van der Waals surface area contributed by atoms with Gasteiger partial charge in [-0.25, -0.2) is 0 Å². The second-order valence-corrected chi connectivity index (χ2v) is 0.750. The fourth-order valence-corrected chi connectivity index (χ4v) is 0. The molecule has 0 heterocycles. The Morgan fingerprint density at radius 2 is 0.500 bits per heavy atom. The average Bonchev–Trinajstić information content (AvgIpc) is 1.54. The number of carbonyl (C=O) groups excluding carboxylic acids is 3. The number of carbonyl (C=O) groups is 3. The molecule has 0 aliphatic rings. The summed E-state index contributed by atoms with van der Waals surface area (Å²) in [6, 6.07) is 0. The van der Waals surface area contributed by atoms with Crippen molar-refractivity contribution in [3.63, 3.8) is 0 Å². The maximum atomic E-state index is 8.33. The number of hydrogen-bond acceptors (Lipinski definition) is 9. The molecule has 0 aliphatic carbocycles. The third-order valence-electron chi connectivity index (χ3n) is 0. The van der Waals surface area contributed by atoms with Crippen molar-refractivity contribution >= 4 is 129 Å². The molecule has 0 rings (SSSR count). The van der Waals surface area contributed by atoms with Gasteiger partial charge < -0.3 is 45.0 Å². The quantitative estimate of drug-likeness (QED) is 0.390. The molecule has 0 atom stereocenters. The van der Waals surface area contributed by atoms with Crippen molar-refractivity contribution in [2.24, 2.45) is 0 Å². The molecule has 0 saturated carbocycles. The predicted octanol–water partition coefficient (Wildman–Crippen LogP) is -9.94. The van der Waals surface area contributed by atoms with E-state index >= 15 is 0 Å². The van der Waals surface area contributed by atoms with Crippen LogP contribution in [0, 0.1) is 0 Å². The summed E-state index contributed by atoms with van der Waals surface area (Å²) in [6.45, 7) is 0. The summed E-state index contributed by atoms with van der Waals surface area (Å²) in [6.07, 6.45) is -7.00. The van der Waals surface area contributed by atoms with E-state index in [1.165, 1.54) is 0 Å². The van der Waals surface area contributed by atoms with E-state index in [9.17, 15) is 0 Å². The molecule has 0 aliphatic heterocycles. The first-order valence-electron chi connectivity index (χ1n) is 1.84. The van der Waals surface area contributed by atoms with Crippen LogP contribution in [0.2, 0.25) is 0 Å². The van der Waals surface area contributed by atoms with Crippen LogP contribution < -0.4 is 30.6 Å². The Kier molecular flexibility index (Phi) is 97.3. The van der Waals surface area contributed by atoms with Gasteiger partial charge in [-0.1, -0.05) is 0 Å². The first-order chi connectivity index (χ1) is 5.20. The van der Waals surface area contributed by atoms with Gasteiger partial charge in [-0.05, 0) is 18.5 Å². The first-order valence-corrected chi connectivity index (χ1v) is 1.84. The number of rotatable bonds is 0. The summed E-state index contributed by atoms with van der Waals surface area (Å²) in [7, 11) is 0. The Morgan fingerprint density at radius 1 is 0.500 bits per heavy atom. The molecule has 16 heavy (non-hydrogen) atoms. The minimum atomic E-state index is -2.33. The van der Waals surface area contributed by atoms with Gasteiger partial charge in [0.2, 0.25) is 0 Å². The van der Waals surface area contributed by atoms with Crippen molar-refractivity contribution in [3.05, 3.63) is 0 Å². The van der Waals surface area contributed by atoms with E-state index in [-0.39, 0.29) is 110 Å². The van der Waals surface area contributed by atoms with Crippen LogP contribution in [-0.2, 0) is 0 Å². The first kappa shape index (κ1) is 43.3. The Balaban J connectivity index is -0.0000000135. The van der Waals surface area contributed by atoms with E-state index < -0.39 is 18.5 Å². The molecule has 0 bridgehead atoms. The fourth-order valence-electron chi connectivity index (χ4n) is 0. The van der Waals surface area contributed by atoms with Crippen LogP contribution in [0.5, 0.6) is 0 Å². The van der Waals surface area contributed by atoms with Gasteiger partial charge in [0, 0.05) is 0 Å². The molecule has 0 aromatic heterocycles. The number of carboxylic acid groups (broad SMARTS) is 6. The average molecular weight is 318 g/mol. The van der Waals surface area contributed by atoms with Crippen molar-refractivity contribution in [2.45, 2.75) is 0 Å². The molecule has 0 N–H and O–H groups in total. The van der Waals surface area contributed by atoms with Crippen LogP contribution in [0.4, 0.5) is 14.4 Å². The van der Waals surface area contributed by atoms with E-state index in [1.807, 2.05) is 0 Å². The summed E-state index contributed by atoms with van der Waals surface area (Å²) >= 11 is 0. The monoisotopic (exact) mass is 318 g/mol. The number of hydrogen-bond donors (Lipinski definition) is 0. The third-order valence-corrected chi connectivity index (χ3v) is 0. The second-order valence-electron chi connectivity index (χ2n) is 0.750. The van der Waals surface area contributed by atoms with Crippen LogP contribution in [0.25, 0.3) is 0 Å². The minimum absolute atomic E-state index is 0. The topological polar surface area (TPSA) is 190 Å². The van der Waals surface area contributed by atoms with Gasteiger partial charge in [-0.2, -0.15) is 0 Å². The van der Waals surface area contributed by atoms with Gasteiger partial charge in [-0.15, -0.1) is 0 Å². The molecule has 0 amide bonds. The Labute approximate surface area is 171 Å². The molecule has 9 nitrogen and oxygen atoms in total. The van der Waals surface area contributed by atoms with Crippen LogP contribution in [0.1, 0.15) is 0 Å². The molecule has 0 aromatic carbocycles. The Hall–Kier alpha value is 1.39. The van der Waals surface area contributed by atoms with E-state index in [0.717, 1.165) is 0 Å². The fraction of sp³-hybridized carbons (Fsp3) is 0. The zero-order valence-electron chi connectivity index (χ0n) is 6.33. The molecule has 0 fully saturated rings. The summed E-state index contributed by atoms with van der Waals surface area (Å²) in [5.74, 6) is 0. The molecule has 0 saturated heterocycles. The van der Waals surface area contributed by atoms with Gasteiger partial charge in [0.15, 0.2) is 0 Å². The van der Waals surface area contributed by atoms with Crippen LogP contribution in [0.3, 0.4) is 0 Å². The van der Waals surface area contributed by atoms with E-state index in [0.29, 0.717) is 0 Å². The van der Waals surface area contributed by atoms with E-state index in [4.69, 9.17) is 45.0 Å². The van der Waals surface area contributed by atoms with E-state index in [2.05, 4.69) is 0 Å². The molecule has 0 radical (unpaired) electrons. The zero-order valence-corrected chi connectivity index (χ0v) is 8.64. The zero-order chi connectivity index (χ0) is 10.7. The van der Waals surface area contributed by atoms with Crippen molar-refractivity contribution in [3.8, 4) is 0 Å². The molecule has 0 spiro atoms. The van der Waals surface area contributed by atoms with Crippen LogP contribution >= 0.6 is 0 Å². The Morgan fingerprint density at radius 3 is 0.500 bits per heavy atom. The molecular formula is C3H4Al2Ca2O9. The summed E-state index contributed by atoms with van der Waals surface area (Å²) < 4.78 is 0. The molecule has 0 aromatic rings. The normalized spacial score (nSPS) is 4.50. The van der Waals surface area contributed by atoms with Crippen molar-refractivity contribution < 1.29 is 45.0 Å².